The fraction of sp³-hybridized carbons (Fsp3) is 0.222. The molecule has 0 bridgehead atoms. The first-order chi connectivity index (χ1) is 11.2. The first-order valence-corrected chi connectivity index (χ1v) is 8.51. The van der Waals surface area contributed by atoms with Gasteiger partial charge in [-0.1, -0.05) is 48.2 Å². The molecule has 1 N–H and O–H groups in total. The molecule has 0 radical (unpaired) electrons. The second-order valence-electron chi connectivity index (χ2n) is 5.35. The van der Waals surface area contributed by atoms with E-state index in [-0.39, 0.29) is 0 Å². The zero-order valence-corrected chi connectivity index (χ0v) is 14.1. The largest absolute Gasteiger partial charge is 0.493 e. The van der Waals surface area contributed by atoms with Crippen LogP contribution in [0.15, 0.2) is 53.7 Å². The van der Waals surface area contributed by atoms with E-state index in [4.69, 9.17) is 4.74 Å². The van der Waals surface area contributed by atoms with E-state index in [0.717, 1.165) is 28.0 Å². The Morgan fingerprint density at radius 3 is 2.52 bits per heavy atom. The predicted molar refractivity (Wildman–Crippen MR) is 94.0 cm³/mol. The molecule has 0 aliphatic carbocycles. The van der Waals surface area contributed by atoms with E-state index in [1.807, 2.05) is 30.3 Å². The average Bonchev–Trinajstić information content (AvgIpc) is 3.00. The zero-order chi connectivity index (χ0) is 16.1. The topological polar surface area (TPSA) is 50.8 Å². The van der Waals surface area contributed by atoms with Crippen LogP contribution in [0, 0.1) is 13.8 Å². The highest BCUT2D eigenvalue weighted by Crippen LogP contribution is 2.20. The van der Waals surface area contributed by atoms with Gasteiger partial charge < -0.3 is 4.74 Å². The minimum Gasteiger partial charge on any atom is -0.493 e. The Hall–Kier alpha value is -2.27. The lowest BCUT2D eigenvalue weighted by Gasteiger charge is -2.07. The van der Waals surface area contributed by atoms with Crippen LogP contribution in [-0.4, -0.2) is 27.5 Å². The molecule has 0 saturated carbocycles. The van der Waals surface area contributed by atoms with Crippen LogP contribution in [0.5, 0.6) is 5.75 Å². The minimum atomic E-state index is 0.628. The highest BCUT2D eigenvalue weighted by Gasteiger charge is 2.05. The Morgan fingerprint density at radius 1 is 1.04 bits per heavy atom. The molecule has 0 aliphatic rings. The molecule has 4 nitrogen and oxygen atoms in total. The number of rotatable bonds is 6. The molecule has 23 heavy (non-hydrogen) atoms. The SMILES string of the molecule is Cc1cc(C)cc(OCCSc2n[nH]c(-c3ccccc3)n2)c1. The van der Waals surface area contributed by atoms with Gasteiger partial charge in [0.25, 0.3) is 0 Å². The first kappa shape index (κ1) is 15.6. The van der Waals surface area contributed by atoms with Crippen LogP contribution in [0.2, 0.25) is 0 Å². The smallest absolute Gasteiger partial charge is 0.208 e. The second-order valence-corrected chi connectivity index (χ2v) is 6.42. The van der Waals surface area contributed by atoms with Crippen molar-refractivity contribution in [3.05, 3.63) is 59.7 Å². The quantitative estimate of drug-likeness (QED) is 0.543. The highest BCUT2D eigenvalue weighted by molar-refractivity contribution is 7.99. The van der Waals surface area contributed by atoms with E-state index in [2.05, 4.69) is 47.2 Å². The van der Waals surface area contributed by atoms with Gasteiger partial charge in [0.1, 0.15) is 5.75 Å². The van der Waals surface area contributed by atoms with Gasteiger partial charge in [0.2, 0.25) is 5.16 Å². The number of nitrogens with zero attached hydrogens (tertiary/aromatic N) is 2. The van der Waals surface area contributed by atoms with E-state index in [9.17, 15) is 0 Å². The average molecular weight is 325 g/mol. The van der Waals surface area contributed by atoms with Crippen molar-refractivity contribution in [2.75, 3.05) is 12.4 Å². The number of aromatic amines is 1. The molecule has 0 amide bonds. The summed E-state index contributed by atoms with van der Waals surface area (Å²) in [5.74, 6) is 2.52. The van der Waals surface area contributed by atoms with Crippen LogP contribution in [0.4, 0.5) is 0 Å². The molecular formula is C18H19N3OS. The van der Waals surface area contributed by atoms with Crippen LogP contribution in [0.25, 0.3) is 11.4 Å². The number of aryl methyl sites for hydroxylation is 2. The summed E-state index contributed by atoms with van der Waals surface area (Å²) in [6, 6.07) is 16.2. The van der Waals surface area contributed by atoms with Gasteiger partial charge in [-0.25, -0.2) is 4.98 Å². The van der Waals surface area contributed by atoms with Crippen molar-refractivity contribution in [3.8, 4) is 17.1 Å². The summed E-state index contributed by atoms with van der Waals surface area (Å²) < 4.78 is 5.79. The van der Waals surface area contributed by atoms with Gasteiger partial charge in [0.05, 0.1) is 6.61 Å². The lowest BCUT2D eigenvalue weighted by Crippen LogP contribution is -2.00. The number of ether oxygens (including phenoxy) is 1. The van der Waals surface area contributed by atoms with Crippen molar-refractivity contribution in [2.24, 2.45) is 0 Å². The fourth-order valence-corrected chi connectivity index (χ4v) is 2.96. The third kappa shape index (κ3) is 4.36. The molecule has 3 aromatic rings. The molecule has 0 saturated heterocycles. The fourth-order valence-electron chi connectivity index (χ4n) is 2.34. The van der Waals surface area contributed by atoms with E-state index in [1.165, 1.54) is 11.1 Å². The number of aromatic nitrogens is 3. The van der Waals surface area contributed by atoms with Crippen LogP contribution < -0.4 is 4.74 Å². The normalized spacial score (nSPS) is 10.7. The number of hydrogen-bond acceptors (Lipinski definition) is 4. The Morgan fingerprint density at radius 2 is 1.78 bits per heavy atom. The molecule has 3 rings (SSSR count). The summed E-state index contributed by atoms with van der Waals surface area (Å²) in [5.41, 5.74) is 3.47. The number of hydrogen-bond donors (Lipinski definition) is 1. The number of thioether (sulfide) groups is 1. The van der Waals surface area contributed by atoms with E-state index in [1.54, 1.807) is 11.8 Å². The van der Waals surface area contributed by atoms with Crippen LogP contribution in [0.1, 0.15) is 11.1 Å². The maximum absolute atomic E-state index is 5.79. The molecule has 2 aromatic carbocycles. The zero-order valence-electron chi connectivity index (χ0n) is 13.2. The number of H-pyrrole nitrogens is 1. The van der Waals surface area contributed by atoms with Gasteiger partial charge in [-0.05, 0) is 37.1 Å². The molecule has 1 heterocycles. The first-order valence-electron chi connectivity index (χ1n) is 7.52. The van der Waals surface area contributed by atoms with Crippen molar-refractivity contribution in [3.63, 3.8) is 0 Å². The summed E-state index contributed by atoms with van der Waals surface area (Å²) in [4.78, 5) is 4.49. The molecule has 0 fully saturated rings. The number of nitrogens with one attached hydrogen (secondary N) is 1. The predicted octanol–water partition coefficient (Wildman–Crippen LogP) is 4.26. The highest BCUT2D eigenvalue weighted by atomic mass is 32.2. The maximum Gasteiger partial charge on any atom is 0.208 e. The third-order valence-electron chi connectivity index (χ3n) is 3.29. The van der Waals surface area contributed by atoms with Crippen LogP contribution >= 0.6 is 11.8 Å². The monoisotopic (exact) mass is 325 g/mol. The summed E-state index contributed by atoms with van der Waals surface area (Å²) in [7, 11) is 0. The van der Waals surface area contributed by atoms with E-state index in [0.29, 0.717) is 6.61 Å². The van der Waals surface area contributed by atoms with Crippen molar-refractivity contribution < 1.29 is 4.74 Å². The Bertz CT molecular complexity index is 751. The molecule has 5 heteroatoms. The van der Waals surface area contributed by atoms with Gasteiger partial charge in [0.15, 0.2) is 5.82 Å². The van der Waals surface area contributed by atoms with Gasteiger partial charge >= 0.3 is 0 Å². The van der Waals surface area contributed by atoms with Crippen molar-refractivity contribution in [1.82, 2.24) is 15.2 Å². The molecule has 1 aromatic heterocycles. The van der Waals surface area contributed by atoms with Gasteiger partial charge in [0, 0.05) is 11.3 Å². The molecule has 0 aliphatic heterocycles. The summed E-state index contributed by atoms with van der Waals surface area (Å²) in [6.07, 6.45) is 0. The van der Waals surface area contributed by atoms with Gasteiger partial charge in [-0.15, -0.1) is 5.10 Å². The van der Waals surface area contributed by atoms with E-state index >= 15 is 0 Å². The number of benzene rings is 2. The van der Waals surface area contributed by atoms with Gasteiger partial charge in [-0.3, -0.25) is 5.10 Å². The van der Waals surface area contributed by atoms with Crippen molar-refractivity contribution in [1.29, 1.82) is 0 Å². The Balaban J connectivity index is 1.50. The second kappa shape index (κ2) is 7.33. The summed E-state index contributed by atoms with van der Waals surface area (Å²) in [5, 5.41) is 7.95. The molecule has 0 spiro atoms. The maximum atomic E-state index is 5.79. The van der Waals surface area contributed by atoms with Gasteiger partial charge in [-0.2, -0.15) is 0 Å². The standard InChI is InChI=1S/C18H19N3OS/c1-13-10-14(2)12-16(11-13)22-8-9-23-18-19-17(20-21-18)15-6-4-3-5-7-15/h3-7,10-12H,8-9H2,1-2H3,(H,19,20,21). The van der Waals surface area contributed by atoms with E-state index < -0.39 is 0 Å². The minimum absolute atomic E-state index is 0.628. The van der Waals surface area contributed by atoms with Crippen molar-refractivity contribution >= 4 is 11.8 Å². The Labute approximate surface area is 140 Å². The lowest BCUT2D eigenvalue weighted by molar-refractivity contribution is 0.343. The lowest BCUT2D eigenvalue weighted by atomic mass is 10.1. The Kier molecular flexibility index (Phi) is 4.98. The molecular weight excluding hydrogens is 306 g/mol. The van der Waals surface area contributed by atoms with Crippen LogP contribution in [-0.2, 0) is 0 Å². The molecule has 0 unspecified atom stereocenters. The third-order valence-corrected chi connectivity index (χ3v) is 4.10. The van der Waals surface area contributed by atoms with Crippen molar-refractivity contribution in [2.45, 2.75) is 19.0 Å². The summed E-state index contributed by atoms with van der Waals surface area (Å²) in [6.45, 7) is 4.78. The van der Waals surface area contributed by atoms with Crippen LogP contribution in [0.3, 0.4) is 0 Å². The molecule has 118 valence electrons. The summed E-state index contributed by atoms with van der Waals surface area (Å²) >= 11 is 1.59. The molecule has 0 atom stereocenters.